The summed E-state index contributed by atoms with van der Waals surface area (Å²) < 4.78 is 0. The van der Waals surface area contributed by atoms with Crippen LogP contribution in [0, 0.1) is 5.92 Å². The van der Waals surface area contributed by atoms with Crippen LogP contribution >= 0.6 is 0 Å². The Labute approximate surface area is 315 Å². The number of nitrogens with zero attached hydrogens (tertiary/aromatic N) is 2. The van der Waals surface area contributed by atoms with E-state index in [0.29, 0.717) is 31.4 Å². The van der Waals surface area contributed by atoms with Crippen LogP contribution in [0.25, 0.3) is 0 Å². The zero-order chi connectivity index (χ0) is 39.9. The van der Waals surface area contributed by atoms with Crippen LogP contribution in [-0.4, -0.2) is 101 Å². The molecule has 13 N–H and O–H groups in total. The van der Waals surface area contributed by atoms with Crippen molar-refractivity contribution in [3.8, 4) is 5.75 Å². The lowest BCUT2D eigenvalue weighted by Crippen LogP contribution is -2.60. The number of aromatic hydroxyl groups is 1. The number of phenolic OH excluding ortho intramolecular Hbond substituents is 1. The van der Waals surface area contributed by atoms with Gasteiger partial charge in [-0.3, -0.25) is 33.8 Å². The second kappa shape index (κ2) is 20.5. The number of likely N-dealkylation sites (tertiary alicyclic amines) is 1. The third kappa shape index (κ3) is 13.1. The highest BCUT2D eigenvalue weighted by Crippen LogP contribution is 2.20. The van der Waals surface area contributed by atoms with Gasteiger partial charge < -0.3 is 54.2 Å². The lowest BCUT2D eigenvalue weighted by atomic mass is 10.00. The van der Waals surface area contributed by atoms with Crippen LogP contribution in [0.2, 0.25) is 0 Å². The Kier molecular flexibility index (Phi) is 16.2. The molecule has 0 spiro atoms. The summed E-state index contributed by atoms with van der Waals surface area (Å²) in [5, 5.41) is 20.6. The van der Waals surface area contributed by atoms with Gasteiger partial charge in [0.05, 0.1) is 6.04 Å². The van der Waals surface area contributed by atoms with Crippen molar-refractivity contribution >= 4 is 41.4 Å². The molecule has 0 bridgehead atoms. The van der Waals surface area contributed by atoms with E-state index in [0.717, 1.165) is 5.56 Å². The molecule has 6 amide bonds. The quantitative estimate of drug-likeness (QED) is 0.0462. The maximum absolute atomic E-state index is 14.1. The summed E-state index contributed by atoms with van der Waals surface area (Å²) in [4.78, 5) is 85.1. The Hall–Kier alpha value is -5.71. The summed E-state index contributed by atoms with van der Waals surface area (Å²) >= 11 is 0. The number of phenols is 1. The third-order valence-electron chi connectivity index (χ3n) is 9.07. The van der Waals surface area contributed by atoms with Crippen molar-refractivity contribution < 1.29 is 33.9 Å². The molecule has 1 fully saturated rings. The van der Waals surface area contributed by atoms with Crippen molar-refractivity contribution in [1.29, 1.82) is 0 Å². The van der Waals surface area contributed by atoms with Crippen LogP contribution in [0.5, 0.6) is 5.75 Å². The van der Waals surface area contributed by atoms with Gasteiger partial charge >= 0.3 is 0 Å². The standard InChI is InChI=1S/C37H54N10O7/c1-21(2)30(31(39)49)46-34(52)28(19-23-9-5-4-6-10-23)44-33(51)27(20-24-13-15-25(48)16-14-24)45-35(53)29-12-8-18-47(29)36(54)22(3)43-32(50)26(38)11-7-17-42-37(40)41/h4-6,9-10,13-16,21-22,26-30,48H,7-8,11-12,17-20,38H2,1-3H3,(H2,39,49)(H,43,50)(H,44,51)(H,45,53)(H,46,52)(H4,40,41,42)/t22-,26-,27-,28-,29-,30-/m0/s1. The summed E-state index contributed by atoms with van der Waals surface area (Å²) in [7, 11) is 0. The van der Waals surface area contributed by atoms with Gasteiger partial charge in [-0.1, -0.05) is 56.3 Å². The fourth-order valence-electron chi connectivity index (χ4n) is 6.08. The van der Waals surface area contributed by atoms with Crippen molar-refractivity contribution in [1.82, 2.24) is 26.2 Å². The number of hydrogen-bond acceptors (Lipinski definition) is 9. The Morgan fingerprint density at radius 2 is 1.41 bits per heavy atom. The lowest BCUT2D eigenvalue weighted by Gasteiger charge is -2.30. The topological polar surface area (TPSA) is 290 Å². The van der Waals surface area contributed by atoms with E-state index in [9.17, 15) is 33.9 Å². The number of benzene rings is 2. The Morgan fingerprint density at radius 1 is 0.815 bits per heavy atom. The number of nitrogens with one attached hydrogen (secondary N) is 4. The van der Waals surface area contributed by atoms with Crippen molar-refractivity contribution in [2.24, 2.45) is 33.8 Å². The first-order chi connectivity index (χ1) is 25.6. The molecule has 1 aliphatic heterocycles. The van der Waals surface area contributed by atoms with Crippen molar-refractivity contribution in [2.45, 2.75) is 95.5 Å². The predicted molar refractivity (Wildman–Crippen MR) is 202 cm³/mol. The number of hydrogen-bond donors (Lipinski definition) is 9. The molecule has 2 aromatic rings. The number of primary amides is 1. The minimum Gasteiger partial charge on any atom is -0.508 e. The number of guanidine groups is 1. The minimum absolute atomic E-state index is 0.00533. The van der Waals surface area contributed by atoms with E-state index in [1.54, 1.807) is 50.2 Å². The van der Waals surface area contributed by atoms with E-state index in [4.69, 9.17) is 22.9 Å². The van der Waals surface area contributed by atoms with Crippen molar-refractivity contribution in [2.75, 3.05) is 13.1 Å². The van der Waals surface area contributed by atoms with Gasteiger partial charge in [0.15, 0.2) is 5.96 Å². The molecule has 54 heavy (non-hydrogen) atoms. The average molecular weight is 751 g/mol. The van der Waals surface area contributed by atoms with Gasteiger partial charge in [-0.25, -0.2) is 0 Å². The summed E-state index contributed by atoms with van der Waals surface area (Å²) in [6.07, 6.45) is 1.57. The summed E-state index contributed by atoms with van der Waals surface area (Å²) in [5.41, 5.74) is 23.5. The molecular weight excluding hydrogens is 696 g/mol. The first-order valence-corrected chi connectivity index (χ1v) is 18.0. The first kappa shape index (κ1) is 42.7. The third-order valence-corrected chi connectivity index (χ3v) is 9.07. The molecule has 3 rings (SSSR count). The molecule has 0 aliphatic carbocycles. The van der Waals surface area contributed by atoms with Gasteiger partial charge in [0, 0.05) is 25.9 Å². The largest absolute Gasteiger partial charge is 0.508 e. The first-order valence-electron chi connectivity index (χ1n) is 18.0. The number of rotatable bonds is 19. The molecule has 0 radical (unpaired) electrons. The number of carbonyl (C=O) groups is 6. The number of aliphatic imine (C=N–C) groups is 1. The highest BCUT2D eigenvalue weighted by Gasteiger charge is 2.38. The minimum atomic E-state index is -1.23. The number of amides is 6. The van der Waals surface area contributed by atoms with Gasteiger partial charge in [-0.2, -0.15) is 0 Å². The van der Waals surface area contributed by atoms with Crippen molar-refractivity contribution in [3.05, 3.63) is 65.7 Å². The molecule has 17 heteroatoms. The van der Waals surface area contributed by atoms with E-state index < -0.39 is 71.7 Å². The highest BCUT2D eigenvalue weighted by molar-refractivity contribution is 5.97. The van der Waals surface area contributed by atoms with E-state index in [-0.39, 0.29) is 43.4 Å². The smallest absolute Gasteiger partial charge is 0.245 e. The molecule has 1 heterocycles. The predicted octanol–water partition coefficient (Wildman–Crippen LogP) is -1.35. The Balaban J connectivity index is 1.79. The molecule has 0 saturated carbocycles. The SMILES string of the molecule is CC(C)[C@H](NC(=O)[C@H](Cc1ccccc1)NC(=O)[C@H](Cc1ccc(O)cc1)NC(=O)[C@@H]1CCCN1C(=O)[C@H](C)NC(=O)[C@@H](N)CCCN=C(N)N)C(N)=O. The maximum atomic E-state index is 14.1. The molecule has 1 aliphatic rings. The van der Waals surface area contributed by atoms with Gasteiger partial charge in [0.25, 0.3) is 0 Å². The maximum Gasteiger partial charge on any atom is 0.245 e. The van der Waals surface area contributed by atoms with Crippen LogP contribution in [0.3, 0.4) is 0 Å². The second-order valence-electron chi connectivity index (χ2n) is 13.8. The van der Waals surface area contributed by atoms with Crippen molar-refractivity contribution in [3.63, 3.8) is 0 Å². The summed E-state index contributed by atoms with van der Waals surface area (Å²) in [5.74, 6) is -4.11. The normalized spacial score (nSPS) is 16.6. The molecule has 0 aromatic heterocycles. The summed E-state index contributed by atoms with van der Waals surface area (Å²) in [6.45, 7) is 5.49. The molecule has 6 atom stereocenters. The van der Waals surface area contributed by atoms with Crippen LogP contribution in [-0.2, 0) is 41.6 Å². The highest BCUT2D eigenvalue weighted by atomic mass is 16.3. The lowest BCUT2D eigenvalue weighted by molar-refractivity contribution is -0.142. The van der Waals surface area contributed by atoms with Crippen LogP contribution < -0.4 is 44.2 Å². The zero-order valence-electron chi connectivity index (χ0n) is 31.0. The number of nitrogens with two attached hydrogens (primary N) is 4. The van der Waals surface area contributed by atoms with E-state index >= 15 is 0 Å². The molecule has 17 nitrogen and oxygen atoms in total. The van der Waals surface area contributed by atoms with Crippen LogP contribution in [0.4, 0.5) is 0 Å². The zero-order valence-corrected chi connectivity index (χ0v) is 31.0. The molecule has 1 saturated heterocycles. The second-order valence-corrected chi connectivity index (χ2v) is 13.8. The van der Waals surface area contributed by atoms with Gasteiger partial charge in [-0.05, 0) is 61.8 Å². The van der Waals surface area contributed by atoms with Gasteiger partial charge in [-0.15, -0.1) is 0 Å². The van der Waals surface area contributed by atoms with Gasteiger partial charge in [0.1, 0.15) is 36.0 Å². The fraction of sp³-hybridized carbons (Fsp3) is 0.486. The van der Waals surface area contributed by atoms with Gasteiger partial charge in [0.2, 0.25) is 35.4 Å². The monoisotopic (exact) mass is 750 g/mol. The van der Waals surface area contributed by atoms with E-state index in [2.05, 4.69) is 26.3 Å². The molecule has 0 unspecified atom stereocenters. The Morgan fingerprint density at radius 3 is 2.00 bits per heavy atom. The molecule has 2 aromatic carbocycles. The fourth-order valence-corrected chi connectivity index (χ4v) is 6.08. The van der Waals surface area contributed by atoms with E-state index in [1.807, 2.05) is 6.07 Å². The summed E-state index contributed by atoms with van der Waals surface area (Å²) in [6, 6.07) is 8.77. The van der Waals surface area contributed by atoms with E-state index in [1.165, 1.54) is 24.0 Å². The number of carbonyl (C=O) groups excluding carboxylic acids is 6. The van der Waals surface area contributed by atoms with Crippen LogP contribution in [0.15, 0.2) is 59.6 Å². The molecule has 294 valence electrons. The average Bonchev–Trinajstić information content (AvgIpc) is 3.62. The van der Waals surface area contributed by atoms with Crippen LogP contribution in [0.1, 0.15) is 57.6 Å². The molecular formula is C37H54N10O7. The Bertz CT molecular complexity index is 1630.